The number of carbonyl (C=O) groups is 3. The molecule has 0 bridgehead atoms. The van der Waals surface area contributed by atoms with Gasteiger partial charge in [0.15, 0.2) is 0 Å². The summed E-state index contributed by atoms with van der Waals surface area (Å²) in [6, 6.07) is 9.31. The summed E-state index contributed by atoms with van der Waals surface area (Å²) in [5.74, 6) is -2.71. The number of pyridine rings is 1. The lowest BCUT2D eigenvalue weighted by atomic mass is 9.81. The molecule has 3 heterocycles. The molecule has 1 saturated heterocycles. The van der Waals surface area contributed by atoms with Gasteiger partial charge in [-0.3, -0.25) is 19.4 Å². The van der Waals surface area contributed by atoms with Gasteiger partial charge in [-0.2, -0.15) is 0 Å². The minimum atomic E-state index is -1.05. The number of aromatic nitrogens is 1. The van der Waals surface area contributed by atoms with Crippen LogP contribution < -0.4 is 9.64 Å². The van der Waals surface area contributed by atoms with Crippen LogP contribution in [0.1, 0.15) is 56.1 Å². The molecular formula is C32H32ClF2N3O5. The van der Waals surface area contributed by atoms with Gasteiger partial charge in [-0.1, -0.05) is 31.5 Å². The zero-order valence-corrected chi connectivity index (χ0v) is 24.8. The number of carboxylic acids is 1. The standard InChI is InChI=1S/C32H32ClF2N3O5/c1-18(12-29(39)40)43-28-7-5-21(34)15-24(28)19-4-6-23(25(35)13-19)30(41)37-10-8-22(9-11-37)38-27-14-20(33)17-36-26(27)16-32(2,3)31(38)42/h4-7,13-15,17-18,22H,8-12,16H2,1-3H3,(H,39,40)/t18-/m1/s1. The summed E-state index contributed by atoms with van der Waals surface area (Å²) in [7, 11) is 0. The second-order valence-corrected chi connectivity index (χ2v) is 12.2. The summed E-state index contributed by atoms with van der Waals surface area (Å²) in [6.07, 6.45) is 2.11. The molecule has 3 aromatic rings. The van der Waals surface area contributed by atoms with Gasteiger partial charge in [-0.15, -0.1) is 0 Å². The number of hydrogen-bond donors (Lipinski definition) is 1. The number of amides is 2. The molecule has 0 aliphatic carbocycles. The molecule has 2 aliphatic rings. The van der Waals surface area contributed by atoms with Crippen LogP contribution in [0.4, 0.5) is 14.5 Å². The van der Waals surface area contributed by atoms with Crippen molar-refractivity contribution in [1.82, 2.24) is 9.88 Å². The number of anilines is 1. The van der Waals surface area contributed by atoms with Gasteiger partial charge in [0.25, 0.3) is 5.91 Å². The first-order chi connectivity index (χ1) is 20.3. The molecule has 11 heteroatoms. The van der Waals surface area contributed by atoms with E-state index in [4.69, 9.17) is 21.4 Å². The van der Waals surface area contributed by atoms with Gasteiger partial charge >= 0.3 is 5.97 Å². The molecular weight excluding hydrogens is 580 g/mol. The van der Waals surface area contributed by atoms with E-state index in [-0.39, 0.29) is 40.8 Å². The van der Waals surface area contributed by atoms with Crippen LogP contribution >= 0.6 is 11.6 Å². The summed E-state index contributed by atoms with van der Waals surface area (Å²) in [5.41, 5.74) is 1.25. The fourth-order valence-corrected chi connectivity index (χ4v) is 5.93. The number of likely N-dealkylation sites (tertiary alicyclic amines) is 1. The van der Waals surface area contributed by atoms with E-state index in [2.05, 4.69) is 4.98 Å². The highest BCUT2D eigenvalue weighted by atomic mass is 35.5. The zero-order valence-electron chi connectivity index (χ0n) is 24.1. The van der Waals surface area contributed by atoms with Gasteiger partial charge in [0.1, 0.15) is 23.5 Å². The number of nitrogens with zero attached hydrogens (tertiary/aromatic N) is 3. The fourth-order valence-electron chi connectivity index (χ4n) is 5.78. The van der Waals surface area contributed by atoms with Crippen LogP contribution in [0, 0.1) is 17.0 Å². The molecule has 8 nitrogen and oxygen atoms in total. The lowest BCUT2D eigenvalue weighted by molar-refractivity contribution is -0.138. The Bertz CT molecular complexity index is 1590. The van der Waals surface area contributed by atoms with Crippen LogP contribution in [0.3, 0.4) is 0 Å². The van der Waals surface area contributed by atoms with E-state index in [1.165, 1.54) is 30.3 Å². The maximum Gasteiger partial charge on any atom is 0.307 e. The highest BCUT2D eigenvalue weighted by Crippen LogP contribution is 2.40. The quantitative estimate of drug-likeness (QED) is 0.344. The fraction of sp³-hybridized carbons (Fsp3) is 0.375. The predicted octanol–water partition coefficient (Wildman–Crippen LogP) is 6.14. The number of carboxylic acid groups (broad SMARTS) is 1. The molecule has 2 aliphatic heterocycles. The topological polar surface area (TPSA) is 100 Å². The first kappa shape index (κ1) is 30.4. The van der Waals surface area contributed by atoms with E-state index in [1.54, 1.807) is 29.0 Å². The van der Waals surface area contributed by atoms with E-state index in [9.17, 15) is 18.8 Å². The third-order valence-corrected chi connectivity index (χ3v) is 8.15. The summed E-state index contributed by atoms with van der Waals surface area (Å²) < 4.78 is 35.2. The van der Waals surface area contributed by atoms with Crippen molar-refractivity contribution in [2.75, 3.05) is 18.0 Å². The van der Waals surface area contributed by atoms with E-state index in [0.29, 0.717) is 43.1 Å². The predicted molar refractivity (Wildman–Crippen MR) is 157 cm³/mol. The number of aliphatic carboxylic acids is 1. The number of carbonyl (C=O) groups excluding carboxylic acids is 2. The van der Waals surface area contributed by atoms with Crippen LogP contribution in [-0.2, 0) is 16.0 Å². The van der Waals surface area contributed by atoms with Crippen molar-refractivity contribution in [3.63, 3.8) is 0 Å². The molecule has 1 N–H and O–H groups in total. The molecule has 0 radical (unpaired) electrons. The van der Waals surface area contributed by atoms with Crippen LogP contribution in [0.2, 0.25) is 5.02 Å². The number of piperidine rings is 1. The van der Waals surface area contributed by atoms with Crippen LogP contribution in [0.25, 0.3) is 11.1 Å². The molecule has 0 spiro atoms. The molecule has 1 atom stereocenters. The summed E-state index contributed by atoms with van der Waals surface area (Å²) in [4.78, 5) is 45.7. The zero-order chi connectivity index (χ0) is 31.1. The van der Waals surface area contributed by atoms with Crippen molar-refractivity contribution < 1.29 is 33.0 Å². The van der Waals surface area contributed by atoms with E-state index in [0.717, 1.165) is 11.8 Å². The molecule has 0 unspecified atom stereocenters. The Balaban J connectivity index is 1.32. The van der Waals surface area contributed by atoms with Gasteiger partial charge in [-0.25, -0.2) is 8.78 Å². The van der Waals surface area contributed by atoms with Crippen LogP contribution in [-0.4, -0.2) is 58.0 Å². The number of halogens is 3. The summed E-state index contributed by atoms with van der Waals surface area (Å²) in [5, 5.41) is 9.47. The molecule has 1 fully saturated rings. The first-order valence-electron chi connectivity index (χ1n) is 14.1. The van der Waals surface area contributed by atoms with Gasteiger partial charge in [0, 0.05) is 42.7 Å². The third-order valence-electron chi connectivity index (χ3n) is 7.94. The highest BCUT2D eigenvalue weighted by molar-refractivity contribution is 6.30. The maximum atomic E-state index is 15.4. The Morgan fingerprint density at radius 2 is 1.86 bits per heavy atom. The highest BCUT2D eigenvalue weighted by Gasteiger charge is 2.43. The van der Waals surface area contributed by atoms with E-state index < -0.39 is 35.0 Å². The van der Waals surface area contributed by atoms with Crippen molar-refractivity contribution >= 4 is 35.1 Å². The molecule has 2 amide bonds. The second kappa shape index (κ2) is 11.9. The monoisotopic (exact) mass is 611 g/mol. The van der Waals surface area contributed by atoms with Crippen molar-refractivity contribution in [1.29, 1.82) is 0 Å². The molecule has 226 valence electrons. The van der Waals surface area contributed by atoms with Crippen molar-refractivity contribution in [2.24, 2.45) is 5.41 Å². The lowest BCUT2D eigenvalue weighted by Gasteiger charge is -2.45. The Labute approximate surface area is 253 Å². The Hall–Kier alpha value is -4.05. The molecule has 43 heavy (non-hydrogen) atoms. The van der Waals surface area contributed by atoms with Crippen molar-refractivity contribution in [3.8, 4) is 16.9 Å². The third kappa shape index (κ3) is 6.34. The number of ether oxygens (including phenoxy) is 1. The van der Waals surface area contributed by atoms with Gasteiger partial charge in [0.2, 0.25) is 5.91 Å². The Morgan fingerprint density at radius 3 is 2.53 bits per heavy atom. The molecule has 5 rings (SSSR count). The van der Waals surface area contributed by atoms with Crippen molar-refractivity contribution in [2.45, 2.75) is 58.6 Å². The Morgan fingerprint density at radius 1 is 1.14 bits per heavy atom. The van der Waals surface area contributed by atoms with Gasteiger partial charge in [0.05, 0.1) is 28.4 Å². The Kier molecular flexibility index (Phi) is 8.42. The van der Waals surface area contributed by atoms with Crippen LogP contribution in [0.15, 0.2) is 48.7 Å². The lowest BCUT2D eigenvalue weighted by Crippen LogP contribution is -2.55. The maximum absolute atomic E-state index is 15.4. The molecule has 1 aromatic heterocycles. The minimum absolute atomic E-state index is 0.0199. The average Bonchev–Trinajstić information content (AvgIpc) is 2.94. The van der Waals surface area contributed by atoms with Crippen LogP contribution in [0.5, 0.6) is 5.75 Å². The summed E-state index contributed by atoms with van der Waals surface area (Å²) in [6.45, 7) is 5.99. The number of benzene rings is 2. The van der Waals surface area contributed by atoms with Gasteiger partial charge < -0.3 is 19.6 Å². The second-order valence-electron chi connectivity index (χ2n) is 11.7. The largest absolute Gasteiger partial charge is 0.489 e. The average molecular weight is 612 g/mol. The smallest absolute Gasteiger partial charge is 0.307 e. The van der Waals surface area contributed by atoms with E-state index in [1.807, 2.05) is 13.8 Å². The first-order valence-corrected chi connectivity index (χ1v) is 14.5. The molecule has 0 saturated carbocycles. The van der Waals surface area contributed by atoms with Crippen molar-refractivity contribution in [3.05, 3.63) is 76.6 Å². The summed E-state index contributed by atoms with van der Waals surface area (Å²) >= 11 is 6.22. The number of rotatable bonds is 7. The number of hydrogen-bond acceptors (Lipinski definition) is 5. The SMILES string of the molecule is C[C@H](CC(=O)O)Oc1ccc(F)cc1-c1ccc(C(=O)N2CCC(N3C(=O)C(C)(C)Cc4ncc(Cl)cc43)CC2)c(F)c1. The minimum Gasteiger partial charge on any atom is -0.489 e. The van der Waals surface area contributed by atoms with E-state index >= 15 is 4.39 Å². The normalized spacial score (nSPS) is 17.4. The number of fused-ring (bicyclic) bond motifs is 1. The van der Waals surface area contributed by atoms with Gasteiger partial charge in [-0.05, 0) is 61.7 Å². The molecule has 2 aromatic carbocycles.